The Kier molecular flexibility index (Phi) is 4.24. The number of thiazole rings is 1. The Morgan fingerprint density at radius 2 is 2.35 bits per heavy atom. The molecule has 0 aliphatic carbocycles. The SMILES string of the molecule is COCCNCc1ncc(-c2cnoc2C)s1. The first-order valence-electron chi connectivity index (χ1n) is 5.37. The van der Waals surface area contributed by atoms with E-state index in [0.29, 0.717) is 6.61 Å². The van der Waals surface area contributed by atoms with Gasteiger partial charge in [-0.1, -0.05) is 5.16 Å². The van der Waals surface area contributed by atoms with E-state index in [4.69, 9.17) is 9.26 Å². The monoisotopic (exact) mass is 253 g/mol. The van der Waals surface area contributed by atoms with Crippen LogP contribution >= 0.6 is 11.3 Å². The van der Waals surface area contributed by atoms with Crippen molar-refractivity contribution in [2.24, 2.45) is 0 Å². The molecule has 0 fully saturated rings. The number of hydrogen-bond donors (Lipinski definition) is 1. The van der Waals surface area contributed by atoms with E-state index in [9.17, 15) is 0 Å². The molecule has 6 heteroatoms. The van der Waals surface area contributed by atoms with Crippen molar-refractivity contribution in [2.45, 2.75) is 13.5 Å². The van der Waals surface area contributed by atoms with Gasteiger partial charge in [0.05, 0.1) is 23.2 Å². The smallest absolute Gasteiger partial charge is 0.142 e. The van der Waals surface area contributed by atoms with E-state index >= 15 is 0 Å². The normalized spacial score (nSPS) is 10.9. The quantitative estimate of drug-likeness (QED) is 0.796. The molecule has 17 heavy (non-hydrogen) atoms. The summed E-state index contributed by atoms with van der Waals surface area (Å²) in [6.07, 6.45) is 3.59. The van der Waals surface area contributed by atoms with Crippen LogP contribution in [0, 0.1) is 6.92 Å². The fourth-order valence-corrected chi connectivity index (χ4v) is 2.37. The Labute approximate surface area is 104 Å². The summed E-state index contributed by atoms with van der Waals surface area (Å²) in [5.74, 6) is 0.826. The molecule has 92 valence electrons. The van der Waals surface area contributed by atoms with Crippen molar-refractivity contribution < 1.29 is 9.26 Å². The third-order valence-corrected chi connectivity index (χ3v) is 3.36. The van der Waals surface area contributed by atoms with Crippen molar-refractivity contribution in [2.75, 3.05) is 20.3 Å². The summed E-state index contributed by atoms with van der Waals surface area (Å²) in [5.41, 5.74) is 1.02. The molecule has 0 spiro atoms. The predicted molar refractivity (Wildman–Crippen MR) is 65.9 cm³/mol. The van der Waals surface area contributed by atoms with Crippen LogP contribution in [0.25, 0.3) is 10.4 Å². The Hall–Kier alpha value is -1.24. The average molecular weight is 253 g/mol. The molecule has 0 aliphatic rings. The van der Waals surface area contributed by atoms with E-state index in [2.05, 4.69) is 15.5 Å². The Morgan fingerprint density at radius 1 is 1.47 bits per heavy atom. The van der Waals surface area contributed by atoms with Gasteiger partial charge in [0.2, 0.25) is 0 Å². The zero-order valence-corrected chi connectivity index (χ0v) is 10.7. The van der Waals surface area contributed by atoms with E-state index in [0.717, 1.165) is 34.3 Å². The second-order valence-corrected chi connectivity index (χ2v) is 4.70. The highest BCUT2D eigenvalue weighted by atomic mass is 32.1. The van der Waals surface area contributed by atoms with Crippen LogP contribution in [0.4, 0.5) is 0 Å². The molecule has 1 N–H and O–H groups in total. The Bertz CT molecular complexity index is 467. The van der Waals surface area contributed by atoms with Gasteiger partial charge in [0.1, 0.15) is 10.8 Å². The third kappa shape index (κ3) is 3.12. The molecular formula is C11H15N3O2S. The molecule has 0 unspecified atom stereocenters. The minimum absolute atomic E-state index is 0.711. The van der Waals surface area contributed by atoms with Gasteiger partial charge in [-0.15, -0.1) is 11.3 Å². The number of aromatic nitrogens is 2. The number of hydrogen-bond acceptors (Lipinski definition) is 6. The van der Waals surface area contributed by atoms with E-state index in [1.54, 1.807) is 24.6 Å². The van der Waals surface area contributed by atoms with Crippen molar-refractivity contribution in [1.82, 2.24) is 15.5 Å². The fraction of sp³-hybridized carbons (Fsp3) is 0.455. The van der Waals surface area contributed by atoms with Gasteiger partial charge in [0, 0.05) is 26.4 Å². The minimum atomic E-state index is 0.711. The van der Waals surface area contributed by atoms with Crippen LogP contribution in [0.5, 0.6) is 0 Å². The predicted octanol–water partition coefficient (Wildman–Crippen LogP) is 1.84. The van der Waals surface area contributed by atoms with Crippen LogP contribution in [0.1, 0.15) is 10.8 Å². The molecule has 0 bridgehead atoms. The van der Waals surface area contributed by atoms with Crippen molar-refractivity contribution in [3.05, 3.63) is 23.2 Å². The van der Waals surface area contributed by atoms with Gasteiger partial charge in [0.25, 0.3) is 0 Å². The van der Waals surface area contributed by atoms with Gasteiger partial charge >= 0.3 is 0 Å². The second kappa shape index (κ2) is 5.90. The maximum absolute atomic E-state index is 5.04. The molecule has 0 aromatic carbocycles. The molecule has 2 heterocycles. The van der Waals surface area contributed by atoms with Crippen LogP contribution in [0.2, 0.25) is 0 Å². The molecule has 0 saturated carbocycles. The number of aryl methyl sites for hydroxylation is 1. The van der Waals surface area contributed by atoms with Gasteiger partial charge in [0.15, 0.2) is 0 Å². The highest BCUT2D eigenvalue weighted by molar-refractivity contribution is 7.15. The molecule has 2 aromatic rings. The summed E-state index contributed by atoms with van der Waals surface area (Å²) in [4.78, 5) is 5.45. The van der Waals surface area contributed by atoms with Gasteiger partial charge < -0.3 is 14.6 Å². The minimum Gasteiger partial charge on any atom is -0.383 e. The lowest BCUT2D eigenvalue weighted by Crippen LogP contribution is -2.18. The number of nitrogens with zero attached hydrogens (tertiary/aromatic N) is 2. The molecule has 2 aromatic heterocycles. The van der Waals surface area contributed by atoms with E-state index in [1.807, 2.05) is 13.1 Å². The number of methoxy groups -OCH3 is 1. The maximum atomic E-state index is 5.04. The van der Waals surface area contributed by atoms with Gasteiger partial charge in [-0.3, -0.25) is 0 Å². The summed E-state index contributed by atoms with van der Waals surface area (Å²) in [5, 5.41) is 8.08. The Balaban J connectivity index is 1.95. The van der Waals surface area contributed by atoms with Crippen molar-refractivity contribution >= 4 is 11.3 Å². The van der Waals surface area contributed by atoms with Crippen molar-refractivity contribution in [3.63, 3.8) is 0 Å². The molecule has 2 rings (SSSR count). The van der Waals surface area contributed by atoms with Crippen molar-refractivity contribution in [1.29, 1.82) is 0 Å². The lowest BCUT2D eigenvalue weighted by Gasteiger charge is -1.99. The van der Waals surface area contributed by atoms with Gasteiger partial charge in [-0.25, -0.2) is 4.98 Å². The Morgan fingerprint density at radius 3 is 3.06 bits per heavy atom. The average Bonchev–Trinajstić information content (AvgIpc) is 2.93. The lowest BCUT2D eigenvalue weighted by molar-refractivity contribution is 0.199. The molecule has 0 atom stereocenters. The summed E-state index contributed by atoms with van der Waals surface area (Å²) in [6, 6.07) is 0. The van der Waals surface area contributed by atoms with Crippen LogP contribution in [0.15, 0.2) is 16.9 Å². The van der Waals surface area contributed by atoms with E-state index in [-0.39, 0.29) is 0 Å². The zero-order chi connectivity index (χ0) is 12.1. The third-order valence-electron chi connectivity index (χ3n) is 2.33. The topological polar surface area (TPSA) is 60.2 Å². The van der Waals surface area contributed by atoms with Gasteiger partial charge in [-0.05, 0) is 6.92 Å². The number of ether oxygens (including phenoxy) is 1. The standard InChI is InChI=1S/C11H15N3O2S/c1-8-9(5-14-16-8)10-6-13-11(17-10)7-12-3-4-15-2/h5-6,12H,3-4,7H2,1-2H3. The molecule has 0 aliphatic heterocycles. The molecule has 0 radical (unpaired) electrons. The van der Waals surface area contributed by atoms with Gasteiger partial charge in [-0.2, -0.15) is 0 Å². The summed E-state index contributed by atoms with van der Waals surface area (Å²) >= 11 is 1.65. The zero-order valence-electron chi connectivity index (χ0n) is 9.90. The molecule has 0 saturated heterocycles. The van der Waals surface area contributed by atoms with Crippen LogP contribution in [0.3, 0.4) is 0 Å². The number of nitrogens with one attached hydrogen (secondary N) is 1. The van der Waals surface area contributed by atoms with Crippen LogP contribution < -0.4 is 5.32 Å². The summed E-state index contributed by atoms with van der Waals surface area (Å²) < 4.78 is 10.00. The molecule has 5 nitrogen and oxygen atoms in total. The first-order chi connectivity index (χ1) is 8.31. The molecule has 0 amide bonds. The first kappa shape index (κ1) is 12.2. The highest BCUT2D eigenvalue weighted by Gasteiger charge is 2.09. The van der Waals surface area contributed by atoms with E-state index in [1.165, 1.54) is 0 Å². The maximum Gasteiger partial charge on any atom is 0.142 e. The first-order valence-corrected chi connectivity index (χ1v) is 6.19. The number of rotatable bonds is 6. The molecular weight excluding hydrogens is 238 g/mol. The van der Waals surface area contributed by atoms with Crippen molar-refractivity contribution in [3.8, 4) is 10.4 Å². The summed E-state index contributed by atoms with van der Waals surface area (Å²) in [6.45, 7) is 4.21. The second-order valence-electron chi connectivity index (χ2n) is 3.58. The van der Waals surface area contributed by atoms with E-state index < -0.39 is 0 Å². The largest absolute Gasteiger partial charge is 0.383 e. The fourth-order valence-electron chi connectivity index (χ4n) is 1.42. The summed E-state index contributed by atoms with van der Waals surface area (Å²) in [7, 11) is 1.69. The van der Waals surface area contributed by atoms with Crippen LogP contribution in [-0.2, 0) is 11.3 Å². The van der Waals surface area contributed by atoms with Crippen LogP contribution in [-0.4, -0.2) is 30.4 Å². The highest BCUT2D eigenvalue weighted by Crippen LogP contribution is 2.28. The lowest BCUT2D eigenvalue weighted by atomic mass is 10.2.